The summed E-state index contributed by atoms with van der Waals surface area (Å²) < 4.78 is 30.0. The standard InChI is InChI=1S/C17H16N2O4S2/c1-19(11-8-9-25(21,22)10-11)17(20)14-7-6-13(23-14)16-18-12-4-2-3-5-15(12)24-16/h2-7,11H,8-10H2,1H3/t11-/m0/s1. The van der Waals surface area contributed by atoms with Crippen LogP contribution in [0, 0.1) is 0 Å². The molecule has 0 spiro atoms. The molecule has 2 aromatic heterocycles. The average Bonchev–Trinajstić information content (AvgIpc) is 3.30. The highest BCUT2D eigenvalue weighted by molar-refractivity contribution is 7.91. The van der Waals surface area contributed by atoms with Crippen molar-refractivity contribution in [3.05, 3.63) is 42.2 Å². The molecule has 0 saturated carbocycles. The zero-order valence-electron chi connectivity index (χ0n) is 13.5. The Balaban J connectivity index is 1.57. The Hall–Kier alpha value is -2.19. The highest BCUT2D eigenvalue weighted by Crippen LogP contribution is 2.31. The van der Waals surface area contributed by atoms with Crippen molar-refractivity contribution in [2.75, 3.05) is 18.6 Å². The molecule has 1 aliphatic heterocycles. The van der Waals surface area contributed by atoms with E-state index in [4.69, 9.17) is 4.42 Å². The Bertz CT molecular complexity index is 1020. The molecular formula is C17H16N2O4S2. The van der Waals surface area contributed by atoms with Gasteiger partial charge in [0.1, 0.15) is 0 Å². The maximum Gasteiger partial charge on any atom is 0.289 e. The molecule has 1 atom stereocenters. The van der Waals surface area contributed by atoms with Crippen LogP contribution in [-0.4, -0.2) is 48.8 Å². The monoisotopic (exact) mass is 376 g/mol. The number of benzene rings is 1. The first-order valence-corrected chi connectivity index (χ1v) is 10.5. The molecule has 0 N–H and O–H groups in total. The number of furan rings is 1. The number of amides is 1. The van der Waals surface area contributed by atoms with Crippen molar-refractivity contribution >= 4 is 37.3 Å². The number of fused-ring (bicyclic) bond motifs is 1. The van der Waals surface area contributed by atoms with Crippen LogP contribution in [0.15, 0.2) is 40.8 Å². The number of sulfone groups is 1. The van der Waals surface area contributed by atoms with Crippen molar-refractivity contribution in [2.45, 2.75) is 12.5 Å². The lowest BCUT2D eigenvalue weighted by atomic mass is 10.2. The Morgan fingerprint density at radius 3 is 2.80 bits per heavy atom. The summed E-state index contributed by atoms with van der Waals surface area (Å²) in [6.07, 6.45) is 0.468. The van der Waals surface area contributed by atoms with Gasteiger partial charge in [-0.1, -0.05) is 12.1 Å². The number of aromatic nitrogens is 1. The van der Waals surface area contributed by atoms with E-state index >= 15 is 0 Å². The molecule has 1 saturated heterocycles. The number of para-hydroxylation sites is 1. The van der Waals surface area contributed by atoms with Gasteiger partial charge in [0.2, 0.25) is 0 Å². The maximum atomic E-state index is 12.6. The van der Waals surface area contributed by atoms with Gasteiger partial charge < -0.3 is 9.32 Å². The number of hydrogen-bond acceptors (Lipinski definition) is 6. The van der Waals surface area contributed by atoms with Gasteiger partial charge in [-0.15, -0.1) is 11.3 Å². The van der Waals surface area contributed by atoms with Crippen molar-refractivity contribution < 1.29 is 17.6 Å². The van der Waals surface area contributed by atoms with Crippen LogP contribution >= 0.6 is 11.3 Å². The summed E-state index contributed by atoms with van der Waals surface area (Å²) in [6.45, 7) is 0. The predicted molar refractivity (Wildman–Crippen MR) is 96.5 cm³/mol. The first kappa shape index (κ1) is 16.3. The van der Waals surface area contributed by atoms with Gasteiger partial charge in [0.25, 0.3) is 5.91 Å². The van der Waals surface area contributed by atoms with Crippen molar-refractivity contribution in [3.63, 3.8) is 0 Å². The molecule has 0 radical (unpaired) electrons. The van der Waals surface area contributed by atoms with E-state index in [1.807, 2.05) is 24.3 Å². The molecule has 1 amide bonds. The lowest BCUT2D eigenvalue weighted by Crippen LogP contribution is -2.37. The fraction of sp³-hybridized carbons (Fsp3) is 0.294. The largest absolute Gasteiger partial charge is 0.448 e. The molecule has 0 unspecified atom stereocenters. The van der Waals surface area contributed by atoms with Crippen molar-refractivity contribution in [1.29, 1.82) is 0 Å². The number of thiazole rings is 1. The maximum absolute atomic E-state index is 12.6. The van der Waals surface area contributed by atoms with Gasteiger partial charge in [-0.25, -0.2) is 13.4 Å². The smallest absolute Gasteiger partial charge is 0.289 e. The first-order chi connectivity index (χ1) is 11.9. The zero-order chi connectivity index (χ0) is 17.6. The summed E-state index contributed by atoms with van der Waals surface area (Å²) in [5.41, 5.74) is 0.889. The van der Waals surface area contributed by atoms with E-state index in [9.17, 15) is 13.2 Å². The molecule has 3 heterocycles. The van der Waals surface area contributed by atoms with Crippen LogP contribution in [0.4, 0.5) is 0 Å². The van der Waals surface area contributed by atoms with E-state index in [1.54, 1.807) is 19.2 Å². The fourth-order valence-corrected chi connectivity index (χ4v) is 5.67. The van der Waals surface area contributed by atoms with Crippen LogP contribution in [0.2, 0.25) is 0 Å². The quantitative estimate of drug-likeness (QED) is 0.702. The van der Waals surface area contributed by atoms with Gasteiger partial charge in [-0.05, 0) is 30.7 Å². The Morgan fingerprint density at radius 1 is 1.28 bits per heavy atom. The molecule has 8 heteroatoms. The lowest BCUT2D eigenvalue weighted by Gasteiger charge is -2.22. The minimum Gasteiger partial charge on any atom is -0.448 e. The molecule has 1 aliphatic rings. The Kier molecular flexibility index (Phi) is 3.88. The number of carbonyl (C=O) groups is 1. The molecule has 0 bridgehead atoms. The van der Waals surface area contributed by atoms with Crippen LogP contribution < -0.4 is 0 Å². The molecule has 1 fully saturated rings. The third-order valence-electron chi connectivity index (χ3n) is 4.40. The first-order valence-electron chi connectivity index (χ1n) is 7.86. The average molecular weight is 376 g/mol. The van der Waals surface area contributed by atoms with E-state index in [2.05, 4.69) is 4.98 Å². The molecule has 25 heavy (non-hydrogen) atoms. The highest BCUT2D eigenvalue weighted by atomic mass is 32.2. The molecule has 4 rings (SSSR count). The van der Waals surface area contributed by atoms with Crippen LogP contribution in [0.3, 0.4) is 0 Å². The molecule has 6 nitrogen and oxygen atoms in total. The minimum absolute atomic E-state index is 0.0146. The van der Waals surface area contributed by atoms with Crippen molar-refractivity contribution in [1.82, 2.24) is 9.88 Å². The van der Waals surface area contributed by atoms with Gasteiger partial charge in [-0.3, -0.25) is 4.79 Å². The van der Waals surface area contributed by atoms with Crippen LogP contribution in [0.25, 0.3) is 21.0 Å². The summed E-state index contributed by atoms with van der Waals surface area (Å²) in [7, 11) is -1.42. The molecule has 0 aliphatic carbocycles. The fourth-order valence-electron chi connectivity index (χ4n) is 2.97. The van der Waals surface area contributed by atoms with Gasteiger partial charge in [0.15, 0.2) is 26.4 Å². The summed E-state index contributed by atoms with van der Waals surface area (Å²) >= 11 is 1.50. The summed E-state index contributed by atoms with van der Waals surface area (Å²) in [6, 6.07) is 10.8. The lowest BCUT2D eigenvalue weighted by molar-refractivity contribution is 0.0716. The zero-order valence-corrected chi connectivity index (χ0v) is 15.1. The van der Waals surface area contributed by atoms with E-state index in [-0.39, 0.29) is 29.2 Å². The molecule has 1 aromatic carbocycles. The van der Waals surface area contributed by atoms with Crippen molar-refractivity contribution in [3.8, 4) is 10.8 Å². The van der Waals surface area contributed by atoms with E-state index in [0.717, 1.165) is 10.2 Å². The third kappa shape index (κ3) is 3.07. The Labute approximate surface area is 149 Å². The number of hydrogen-bond donors (Lipinski definition) is 0. The van der Waals surface area contributed by atoms with E-state index < -0.39 is 9.84 Å². The second-order valence-electron chi connectivity index (χ2n) is 6.12. The summed E-state index contributed by atoms with van der Waals surface area (Å²) in [4.78, 5) is 18.6. The second kappa shape index (κ2) is 5.96. The minimum atomic E-state index is -3.04. The SMILES string of the molecule is CN(C(=O)c1ccc(-c2nc3ccccc3s2)o1)[C@H]1CCS(=O)(=O)C1. The number of nitrogens with zero attached hydrogens (tertiary/aromatic N) is 2. The summed E-state index contributed by atoms with van der Waals surface area (Å²) in [5, 5.41) is 0.714. The molecule has 3 aromatic rings. The third-order valence-corrected chi connectivity index (χ3v) is 7.20. The van der Waals surface area contributed by atoms with E-state index in [0.29, 0.717) is 17.2 Å². The normalized spacial score (nSPS) is 19.3. The molecular weight excluding hydrogens is 360 g/mol. The topological polar surface area (TPSA) is 80.5 Å². The van der Waals surface area contributed by atoms with Gasteiger partial charge in [0, 0.05) is 13.1 Å². The van der Waals surface area contributed by atoms with Crippen LogP contribution in [0.1, 0.15) is 17.0 Å². The van der Waals surface area contributed by atoms with Gasteiger partial charge >= 0.3 is 0 Å². The second-order valence-corrected chi connectivity index (χ2v) is 9.38. The Morgan fingerprint density at radius 2 is 2.08 bits per heavy atom. The predicted octanol–water partition coefficient (Wildman–Crippen LogP) is 2.82. The number of rotatable bonds is 3. The highest BCUT2D eigenvalue weighted by Gasteiger charge is 2.34. The van der Waals surface area contributed by atoms with E-state index in [1.165, 1.54) is 16.2 Å². The van der Waals surface area contributed by atoms with Crippen LogP contribution in [-0.2, 0) is 9.84 Å². The van der Waals surface area contributed by atoms with Crippen molar-refractivity contribution in [2.24, 2.45) is 0 Å². The molecule has 130 valence electrons. The van der Waals surface area contributed by atoms with Gasteiger partial charge in [0.05, 0.1) is 21.7 Å². The van der Waals surface area contributed by atoms with Gasteiger partial charge in [-0.2, -0.15) is 0 Å². The number of carbonyl (C=O) groups excluding carboxylic acids is 1. The van der Waals surface area contributed by atoms with Crippen LogP contribution in [0.5, 0.6) is 0 Å². The summed E-state index contributed by atoms with van der Waals surface area (Å²) in [5.74, 6) is 0.568.